The summed E-state index contributed by atoms with van der Waals surface area (Å²) in [5.74, 6) is -2.37. The molecule has 1 aliphatic carbocycles. The smallest absolute Gasteiger partial charge is 0.351 e. The molecule has 2 rings (SSSR count). The van der Waals surface area contributed by atoms with Gasteiger partial charge in [-0.1, -0.05) is 33.1 Å². The maximum Gasteiger partial charge on any atom is 0.471 e. The molecule has 28 heavy (non-hydrogen) atoms. The van der Waals surface area contributed by atoms with Crippen LogP contribution in [0.4, 0.5) is 13.2 Å². The number of alkyl halides is 3. The average molecular weight is 419 g/mol. The molecule has 1 atom stereocenters. The molecule has 1 aromatic heterocycles. The average Bonchev–Trinajstić information content (AvgIpc) is 3.03. The van der Waals surface area contributed by atoms with Crippen molar-refractivity contribution >= 4 is 23.2 Å². The molecule has 1 heterocycles. The first-order valence-corrected chi connectivity index (χ1v) is 10.7. The zero-order valence-electron chi connectivity index (χ0n) is 16.6. The van der Waals surface area contributed by atoms with E-state index in [9.17, 15) is 22.8 Å². The Bertz CT molecular complexity index is 667. The number of hydrogen-bond donors (Lipinski definition) is 1. The lowest BCUT2D eigenvalue weighted by Gasteiger charge is -2.33. The van der Waals surface area contributed by atoms with Crippen molar-refractivity contribution in [3.63, 3.8) is 0 Å². The SMILES string of the molecule is Cc1ccc([C@H](C(=O)NC2CCCCC2)N(CCC(C)C)C(=O)C(F)(F)F)s1. The summed E-state index contributed by atoms with van der Waals surface area (Å²) in [7, 11) is 0. The molecular formula is C20H29F3N2O2S. The lowest BCUT2D eigenvalue weighted by atomic mass is 9.95. The molecule has 2 amide bonds. The van der Waals surface area contributed by atoms with Crippen molar-refractivity contribution in [2.24, 2.45) is 5.92 Å². The Kier molecular flexibility index (Phi) is 7.92. The van der Waals surface area contributed by atoms with Crippen molar-refractivity contribution in [1.82, 2.24) is 10.2 Å². The molecule has 0 spiro atoms. The number of rotatable bonds is 7. The van der Waals surface area contributed by atoms with Gasteiger partial charge in [-0.3, -0.25) is 9.59 Å². The van der Waals surface area contributed by atoms with Crippen LogP contribution in [0.15, 0.2) is 12.1 Å². The molecule has 0 aromatic carbocycles. The fourth-order valence-electron chi connectivity index (χ4n) is 3.46. The third-order valence-electron chi connectivity index (χ3n) is 4.99. The van der Waals surface area contributed by atoms with E-state index >= 15 is 0 Å². The van der Waals surface area contributed by atoms with Gasteiger partial charge in [-0.05, 0) is 44.2 Å². The topological polar surface area (TPSA) is 49.4 Å². The maximum absolute atomic E-state index is 13.3. The molecule has 1 aromatic rings. The van der Waals surface area contributed by atoms with Crippen LogP contribution in [-0.2, 0) is 9.59 Å². The van der Waals surface area contributed by atoms with Crippen molar-refractivity contribution in [2.45, 2.75) is 77.6 Å². The summed E-state index contributed by atoms with van der Waals surface area (Å²) < 4.78 is 39.9. The van der Waals surface area contributed by atoms with Gasteiger partial charge in [0.1, 0.15) is 6.04 Å². The Morgan fingerprint density at radius 3 is 2.36 bits per heavy atom. The first-order valence-electron chi connectivity index (χ1n) is 9.84. The second kappa shape index (κ2) is 9.76. The lowest BCUT2D eigenvalue weighted by Crippen LogP contribution is -2.50. The quantitative estimate of drug-likeness (QED) is 0.679. The van der Waals surface area contributed by atoms with E-state index in [1.54, 1.807) is 12.1 Å². The zero-order chi connectivity index (χ0) is 20.9. The molecule has 0 saturated heterocycles. The summed E-state index contributed by atoms with van der Waals surface area (Å²) in [6.45, 7) is 5.47. The van der Waals surface area contributed by atoms with Crippen molar-refractivity contribution in [3.05, 3.63) is 21.9 Å². The fourth-order valence-corrected chi connectivity index (χ4v) is 4.45. The molecule has 1 N–H and O–H groups in total. The number of nitrogens with zero attached hydrogens (tertiary/aromatic N) is 1. The van der Waals surface area contributed by atoms with E-state index in [1.807, 2.05) is 20.8 Å². The summed E-state index contributed by atoms with van der Waals surface area (Å²) in [6.07, 6.45) is 0.0971. The molecule has 0 radical (unpaired) electrons. The van der Waals surface area contributed by atoms with E-state index in [1.165, 1.54) is 11.3 Å². The van der Waals surface area contributed by atoms with Crippen molar-refractivity contribution in [2.75, 3.05) is 6.54 Å². The summed E-state index contributed by atoms with van der Waals surface area (Å²) in [5, 5.41) is 2.91. The highest BCUT2D eigenvalue weighted by Crippen LogP contribution is 2.32. The first-order chi connectivity index (χ1) is 13.1. The number of aryl methyl sites for hydroxylation is 1. The van der Waals surface area contributed by atoms with Gasteiger partial charge >= 0.3 is 12.1 Å². The molecule has 0 bridgehead atoms. The molecule has 1 fully saturated rings. The van der Waals surface area contributed by atoms with Gasteiger partial charge in [-0.25, -0.2) is 0 Å². The number of thiophene rings is 1. The van der Waals surface area contributed by atoms with Crippen molar-refractivity contribution in [1.29, 1.82) is 0 Å². The minimum atomic E-state index is -5.02. The van der Waals surface area contributed by atoms with Crippen LogP contribution in [0, 0.1) is 12.8 Å². The van der Waals surface area contributed by atoms with Crippen LogP contribution in [0.1, 0.15) is 68.2 Å². The largest absolute Gasteiger partial charge is 0.471 e. The van der Waals surface area contributed by atoms with Gasteiger partial charge < -0.3 is 10.2 Å². The van der Waals surface area contributed by atoms with Gasteiger partial charge in [-0.15, -0.1) is 11.3 Å². The monoisotopic (exact) mass is 418 g/mol. The first kappa shape index (κ1) is 22.7. The maximum atomic E-state index is 13.3. The van der Waals surface area contributed by atoms with E-state index in [-0.39, 0.29) is 18.5 Å². The molecule has 4 nitrogen and oxygen atoms in total. The highest BCUT2D eigenvalue weighted by Gasteiger charge is 2.47. The number of carbonyl (C=O) groups is 2. The molecule has 158 valence electrons. The minimum absolute atomic E-state index is 0.0438. The third-order valence-corrected chi connectivity index (χ3v) is 6.05. The van der Waals surface area contributed by atoms with Gasteiger partial charge in [-0.2, -0.15) is 13.2 Å². The third kappa shape index (κ3) is 6.22. The number of halogens is 3. The van der Waals surface area contributed by atoms with Crippen LogP contribution in [0.2, 0.25) is 0 Å². The van der Waals surface area contributed by atoms with Gasteiger partial charge in [0.2, 0.25) is 5.91 Å². The molecule has 8 heteroatoms. The Hall–Kier alpha value is -1.57. The number of nitrogens with one attached hydrogen (secondary N) is 1. The molecular weight excluding hydrogens is 389 g/mol. The van der Waals surface area contributed by atoms with Gasteiger partial charge in [0, 0.05) is 22.3 Å². The molecule has 1 saturated carbocycles. The highest BCUT2D eigenvalue weighted by atomic mass is 32.1. The van der Waals surface area contributed by atoms with Gasteiger partial charge in [0.15, 0.2) is 0 Å². The van der Waals surface area contributed by atoms with E-state index in [2.05, 4.69) is 5.32 Å². The van der Waals surface area contributed by atoms with Crippen molar-refractivity contribution < 1.29 is 22.8 Å². The minimum Gasteiger partial charge on any atom is -0.351 e. The number of amides is 2. The molecule has 0 aliphatic heterocycles. The van der Waals surface area contributed by atoms with E-state index in [0.717, 1.165) is 37.0 Å². The lowest BCUT2D eigenvalue weighted by molar-refractivity contribution is -0.188. The van der Waals surface area contributed by atoms with Gasteiger partial charge in [0.25, 0.3) is 0 Å². The second-order valence-electron chi connectivity index (χ2n) is 7.87. The van der Waals surface area contributed by atoms with Crippen LogP contribution >= 0.6 is 11.3 Å². The fraction of sp³-hybridized carbons (Fsp3) is 0.700. The normalized spacial score (nSPS) is 16.8. The zero-order valence-corrected chi connectivity index (χ0v) is 17.5. The van der Waals surface area contributed by atoms with E-state index < -0.39 is 24.0 Å². The van der Waals surface area contributed by atoms with Crippen LogP contribution in [0.3, 0.4) is 0 Å². The summed E-state index contributed by atoms with van der Waals surface area (Å²) in [4.78, 5) is 27.4. The number of carbonyl (C=O) groups excluding carboxylic acids is 2. The van der Waals surface area contributed by atoms with Crippen molar-refractivity contribution in [3.8, 4) is 0 Å². The number of hydrogen-bond acceptors (Lipinski definition) is 3. The Balaban J connectivity index is 2.34. The summed E-state index contributed by atoms with van der Waals surface area (Å²) >= 11 is 1.25. The summed E-state index contributed by atoms with van der Waals surface area (Å²) in [5.41, 5.74) is 0. The Morgan fingerprint density at radius 1 is 1.21 bits per heavy atom. The standard InChI is InChI=1S/C20H29F3N2O2S/c1-13(2)11-12-25(19(27)20(21,22)23)17(16-10-9-14(3)28-16)18(26)24-15-7-5-4-6-8-15/h9-10,13,15,17H,4-8,11-12H2,1-3H3,(H,24,26)/t17-/m1/s1. The second-order valence-corrected chi connectivity index (χ2v) is 9.19. The molecule has 0 unspecified atom stereocenters. The Labute approximate surface area is 168 Å². The molecule has 1 aliphatic rings. The van der Waals surface area contributed by atoms with Crippen LogP contribution in [0.25, 0.3) is 0 Å². The van der Waals surface area contributed by atoms with Crippen LogP contribution in [-0.4, -0.2) is 35.5 Å². The summed E-state index contributed by atoms with van der Waals surface area (Å²) in [6, 6.07) is 2.11. The van der Waals surface area contributed by atoms with Gasteiger partial charge in [0.05, 0.1) is 0 Å². The van der Waals surface area contributed by atoms with E-state index in [0.29, 0.717) is 16.2 Å². The highest BCUT2D eigenvalue weighted by molar-refractivity contribution is 7.12. The predicted octanol–water partition coefficient (Wildman–Crippen LogP) is 4.98. The van der Waals surface area contributed by atoms with Crippen LogP contribution in [0.5, 0.6) is 0 Å². The predicted molar refractivity (Wildman–Crippen MR) is 104 cm³/mol. The van der Waals surface area contributed by atoms with Crippen LogP contribution < -0.4 is 5.32 Å². The Morgan fingerprint density at radius 2 is 1.86 bits per heavy atom. The van der Waals surface area contributed by atoms with E-state index in [4.69, 9.17) is 0 Å².